The smallest absolute Gasteiger partial charge is 0.342 e. The number of carbonyl (C=O) groups excluding carboxylic acids is 3. The summed E-state index contributed by atoms with van der Waals surface area (Å²) in [6, 6.07) is 3.02. The summed E-state index contributed by atoms with van der Waals surface area (Å²) in [6.07, 6.45) is 0. The van der Waals surface area contributed by atoms with Gasteiger partial charge in [0.2, 0.25) is 0 Å². The second-order valence-electron chi connectivity index (χ2n) is 4.72. The number of hydrogen-bond donors (Lipinski definition) is 0. The third-order valence-electron chi connectivity index (χ3n) is 3.08. The molecule has 0 N–H and O–H groups in total. The van der Waals surface area contributed by atoms with Crippen molar-refractivity contribution < 1.29 is 28.3 Å². The van der Waals surface area contributed by atoms with Crippen molar-refractivity contribution in [1.29, 1.82) is 0 Å². The van der Waals surface area contributed by atoms with Gasteiger partial charge in [-0.2, -0.15) is 0 Å². The van der Waals surface area contributed by atoms with E-state index in [1.54, 1.807) is 19.9 Å². The molecule has 22 heavy (non-hydrogen) atoms. The highest BCUT2D eigenvalue weighted by molar-refractivity contribution is 6.16. The maximum atomic E-state index is 12.1. The fourth-order valence-corrected chi connectivity index (χ4v) is 2.33. The predicted octanol–water partition coefficient (Wildman–Crippen LogP) is 3.05. The van der Waals surface area contributed by atoms with Gasteiger partial charge in [-0.05, 0) is 32.9 Å². The Balaban J connectivity index is 2.80. The number of Topliss-reactive ketones (excluding diaryl/α,β-unsaturated/α-hetero) is 1. The van der Waals surface area contributed by atoms with Crippen molar-refractivity contribution in [1.82, 2.24) is 0 Å². The molecule has 0 aliphatic carbocycles. The van der Waals surface area contributed by atoms with E-state index >= 15 is 0 Å². The number of rotatable bonds is 4. The molecule has 1 aromatic carbocycles. The lowest BCUT2D eigenvalue weighted by Gasteiger charge is -2.08. The van der Waals surface area contributed by atoms with E-state index in [-0.39, 0.29) is 29.3 Å². The van der Waals surface area contributed by atoms with Crippen LogP contribution in [0.25, 0.3) is 11.0 Å². The van der Waals surface area contributed by atoms with Gasteiger partial charge in [0.25, 0.3) is 0 Å². The van der Waals surface area contributed by atoms with Crippen LogP contribution in [-0.4, -0.2) is 24.3 Å². The molecule has 2 aromatic rings. The maximum Gasteiger partial charge on any atom is 0.342 e. The monoisotopic (exact) mass is 304 g/mol. The molecule has 0 saturated heterocycles. The molecule has 0 amide bonds. The van der Waals surface area contributed by atoms with Crippen LogP contribution < -0.4 is 4.74 Å². The first-order valence-electron chi connectivity index (χ1n) is 6.79. The summed E-state index contributed by atoms with van der Waals surface area (Å²) in [5, 5.41) is 0.308. The van der Waals surface area contributed by atoms with Crippen molar-refractivity contribution in [3.8, 4) is 5.75 Å². The molecular weight excluding hydrogens is 288 g/mol. The maximum absolute atomic E-state index is 12.1. The second-order valence-corrected chi connectivity index (χ2v) is 4.72. The third-order valence-corrected chi connectivity index (χ3v) is 3.08. The van der Waals surface area contributed by atoms with Gasteiger partial charge in [-0.3, -0.25) is 9.59 Å². The number of carbonyl (C=O) groups is 3. The van der Waals surface area contributed by atoms with Crippen LogP contribution in [0.4, 0.5) is 0 Å². The fourth-order valence-electron chi connectivity index (χ4n) is 2.33. The van der Waals surface area contributed by atoms with Gasteiger partial charge >= 0.3 is 11.9 Å². The van der Waals surface area contributed by atoms with Crippen LogP contribution in [0.1, 0.15) is 47.2 Å². The van der Waals surface area contributed by atoms with E-state index in [1.165, 1.54) is 19.9 Å². The van der Waals surface area contributed by atoms with Crippen molar-refractivity contribution in [3.05, 3.63) is 29.0 Å². The average Bonchev–Trinajstić information content (AvgIpc) is 2.73. The van der Waals surface area contributed by atoms with Gasteiger partial charge in [-0.15, -0.1) is 0 Å². The Hall–Kier alpha value is -2.63. The molecule has 6 nitrogen and oxygen atoms in total. The number of aryl methyl sites for hydroxylation is 1. The van der Waals surface area contributed by atoms with E-state index in [1.807, 2.05) is 0 Å². The SMILES string of the molecule is CCOC(=O)c1c(C)oc2ccc(OC(C)=O)c(C(C)=O)c12. The minimum atomic E-state index is -0.582. The summed E-state index contributed by atoms with van der Waals surface area (Å²) in [6.45, 7) is 6.07. The van der Waals surface area contributed by atoms with Crippen LogP contribution in [0.2, 0.25) is 0 Å². The van der Waals surface area contributed by atoms with Gasteiger partial charge < -0.3 is 13.9 Å². The quantitative estimate of drug-likeness (QED) is 0.490. The molecule has 0 unspecified atom stereocenters. The molecule has 2 rings (SSSR count). The second kappa shape index (κ2) is 6.01. The van der Waals surface area contributed by atoms with Crippen molar-refractivity contribution in [3.63, 3.8) is 0 Å². The van der Waals surface area contributed by atoms with Crippen LogP contribution in [-0.2, 0) is 9.53 Å². The zero-order valence-corrected chi connectivity index (χ0v) is 12.8. The highest BCUT2D eigenvalue weighted by Gasteiger charge is 2.26. The lowest BCUT2D eigenvalue weighted by molar-refractivity contribution is -0.131. The summed E-state index contributed by atoms with van der Waals surface area (Å²) in [7, 11) is 0. The molecule has 0 fully saturated rings. The number of furan rings is 1. The van der Waals surface area contributed by atoms with Crippen LogP contribution in [0, 0.1) is 6.92 Å². The Morgan fingerprint density at radius 2 is 1.82 bits per heavy atom. The molecule has 0 atom stereocenters. The molecule has 0 bridgehead atoms. The Morgan fingerprint density at radius 1 is 1.14 bits per heavy atom. The van der Waals surface area contributed by atoms with Crippen LogP contribution in [0.15, 0.2) is 16.5 Å². The summed E-state index contributed by atoms with van der Waals surface area (Å²) >= 11 is 0. The van der Waals surface area contributed by atoms with Gasteiger partial charge in [0, 0.05) is 12.3 Å². The Bertz CT molecular complexity index is 769. The summed E-state index contributed by atoms with van der Waals surface area (Å²) in [5.41, 5.74) is 0.672. The average molecular weight is 304 g/mol. The van der Waals surface area contributed by atoms with E-state index in [0.29, 0.717) is 16.7 Å². The van der Waals surface area contributed by atoms with Crippen molar-refractivity contribution >= 4 is 28.7 Å². The number of esters is 2. The minimum Gasteiger partial charge on any atom is -0.462 e. The first kappa shape index (κ1) is 15.8. The number of benzene rings is 1. The summed E-state index contributed by atoms with van der Waals surface area (Å²) < 4.78 is 15.6. The molecular formula is C16H16O6. The highest BCUT2D eigenvalue weighted by Crippen LogP contribution is 2.35. The largest absolute Gasteiger partial charge is 0.462 e. The van der Waals surface area contributed by atoms with E-state index in [0.717, 1.165) is 0 Å². The Morgan fingerprint density at radius 3 is 2.36 bits per heavy atom. The molecule has 0 radical (unpaired) electrons. The van der Waals surface area contributed by atoms with E-state index in [2.05, 4.69) is 0 Å². The van der Waals surface area contributed by atoms with Gasteiger partial charge in [-0.1, -0.05) is 0 Å². The molecule has 1 aromatic heterocycles. The lowest BCUT2D eigenvalue weighted by Crippen LogP contribution is -2.09. The normalized spacial score (nSPS) is 10.5. The van der Waals surface area contributed by atoms with Gasteiger partial charge in [0.15, 0.2) is 5.78 Å². The first-order chi connectivity index (χ1) is 10.4. The van der Waals surface area contributed by atoms with E-state index in [9.17, 15) is 14.4 Å². The number of ether oxygens (including phenoxy) is 2. The van der Waals surface area contributed by atoms with Crippen LogP contribution in [0.5, 0.6) is 5.75 Å². The standard InChI is InChI=1S/C16H16O6/c1-5-20-16(19)14-9(3)21-12-7-6-11(22-10(4)18)13(8(2)17)15(12)14/h6-7H,5H2,1-4H3. The van der Waals surface area contributed by atoms with Crippen molar-refractivity contribution in [2.45, 2.75) is 27.7 Å². The van der Waals surface area contributed by atoms with Gasteiger partial charge in [0.05, 0.1) is 12.2 Å². The van der Waals surface area contributed by atoms with Crippen LogP contribution in [0.3, 0.4) is 0 Å². The Kier molecular flexibility index (Phi) is 4.30. The number of hydrogen-bond acceptors (Lipinski definition) is 6. The molecule has 0 saturated carbocycles. The molecule has 0 spiro atoms. The fraction of sp³-hybridized carbons (Fsp3) is 0.312. The Labute approximate surface area is 127 Å². The molecule has 0 aliphatic rings. The van der Waals surface area contributed by atoms with Gasteiger partial charge in [-0.25, -0.2) is 4.79 Å². The molecule has 6 heteroatoms. The zero-order valence-electron chi connectivity index (χ0n) is 12.8. The topological polar surface area (TPSA) is 82.8 Å². The number of fused-ring (bicyclic) bond motifs is 1. The summed E-state index contributed by atoms with van der Waals surface area (Å²) in [5.74, 6) is -1.04. The van der Waals surface area contributed by atoms with Gasteiger partial charge in [0.1, 0.15) is 22.7 Å². The first-order valence-corrected chi connectivity index (χ1v) is 6.79. The summed E-state index contributed by atoms with van der Waals surface area (Å²) in [4.78, 5) is 35.4. The van der Waals surface area contributed by atoms with Crippen molar-refractivity contribution in [2.24, 2.45) is 0 Å². The molecule has 1 heterocycles. The third kappa shape index (κ3) is 2.72. The highest BCUT2D eigenvalue weighted by atomic mass is 16.5. The predicted molar refractivity (Wildman–Crippen MR) is 78.2 cm³/mol. The molecule has 0 aliphatic heterocycles. The lowest BCUT2D eigenvalue weighted by atomic mass is 10.0. The zero-order chi connectivity index (χ0) is 16.4. The van der Waals surface area contributed by atoms with E-state index in [4.69, 9.17) is 13.9 Å². The van der Waals surface area contributed by atoms with Crippen molar-refractivity contribution in [2.75, 3.05) is 6.61 Å². The minimum absolute atomic E-state index is 0.0962. The van der Waals surface area contributed by atoms with E-state index < -0.39 is 11.9 Å². The molecule has 116 valence electrons. The number of ketones is 1. The van der Waals surface area contributed by atoms with Crippen LogP contribution >= 0.6 is 0 Å².